The minimum Gasteiger partial charge on any atom is -0.259 e. The molecule has 20 heavy (non-hydrogen) atoms. The van der Waals surface area contributed by atoms with Gasteiger partial charge in [0.05, 0.1) is 4.88 Å². The molecule has 4 nitrogen and oxygen atoms in total. The van der Waals surface area contributed by atoms with E-state index in [4.69, 9.17) is 4.98 Å². The van der Waals surface area contributed by atoms with Crippen molar-refractivity contribution in [3.63, 3.8) is 0 Å². The zero-order valence-corrected chi connectivity index (χ0v) is 11.3. The quantitative estimate of drug-likeness (QED) is 0.563. The lowest BCUT2D eigenvalue weighted by molar-refractivity contribution is 1.02. The highest BCUT2D eigenvalue weighted by molar-refractivity contribution is 7.13. The third kappa shape index (κ3) is 1.71. The van der Waals surface area contributed by atoms with E-state index >= 15 is 0 Å². The van der Waals surface area contributed by atoms with Gasteiger partial charge in [-0.2, -0.15) is 0 Å². The Balaban J connectivity index is 2.09. The summed E-state index contributed by atoms with van der Waals surface area (Å²) in [6.45, 7) is 0. The monoisotopic (exact) mass is 278 g/mol. The molecule has 4 aromatic heterocycles. The van der Waals surface area contributed by atoms with Gasteiger partial charge in [-0.1, -0.05) is 12.1 Å². The van der Waals surface area contributed by atoms with Crippen LogP contribution in [0.1, 0.15) is 0 Å². The van der Waals surface area contributed by atoms with E-state index in [0.717, 1.165) is 27.7 Å². The van der Waals surface area contributed by atoms with Crippen molar-refractivity contribution in [1.29, 1.82) is 0 Å². The SMILES string of the molecule is c1ccc(-n2c(-c3cccs3)nc3cccnc32)nc1. The van der Waals surface area contributed by atoms with E-state index in [0.29, 0.717) is 0 Å². The first-order chi connectivity index (χ1) is 9.93. The summed E-state index contributed by atoms with van der Waals surface area (Å²) in [5.74, 6) is 1.71. The van der Waals surface area contributed by atoms with Gasteiger partial charge in [-0.15, -0.1) is 11.3 Å². The fraction of sp³-hybridized carbons (Fsp3) is 0. The Morgan fingerprint density at radius 3 is 2.65 bits per heavy atom. The molecule has 4 aromatic rings. The maximum atomic E-state index is 4.70. The van der Waals surface area contributed by atoms with Crippen LogP contribution in [-0.2, 0) is 0 Å². The van der Waals surface area contributed by atoms with E-state index < -0.39 is 0 Å². The first-order valence-electron chi connectivity index (χ1n) is 6.22. The summed E-state index contributed by atoms with van der Waals surface area (Å²) in [6, 6.07) is 13.8. The van der Waals surface area contributed by atoms with Gasteiger partial charge in [-0.25, -0.2) is 15.0 Å². The predicted molar refractivity (Wildman–Crippen MR) is 80.0 cm³/mol. The first-order valence-corrected chi connectivity index (χ1v) is 7.10. The van der Waals surface area contributed by atoms with Crippen molar-refractivity contribution in [2.75, 3.05) is 0 Å². The summed E-state index contributed by atoms with van der Waals surface area (Å²) >= 11 is 1.66. The molecule has 5 heteroatoms. The molecule has 0 saturated heterocycles. The Hall–Kier alpha value is -2.53. The Bertz CT molecular complexity index is 850. The van der Waals surface area contributed by atoms with Gasteiger partial charge in [0.2, 0.25) is 0 Å². The Morgan fingerprint density at radius 1 is 0.900 bits per heavy atom. The number of aromatic nitrogens is 4. The average Bonchev–Trinajstić information content (AvgIpc) is 3.15. The number of thiophene rings is 1. The molecule has 0 unspecified atom stereocenters. The van der Waals surface area contributed by atoms with Crippen molar-refractivity contribution < 1.29 is 0 Å². The van der Waals surface area contributed by atoms with Crippen molar-refractivity contribution >= 4 is 22.5 Å². The third-order valence-electron chi connectivity index (χ3n) is 3.04. The van der Waals surface area contributed by atoms with Crippen LogP contribution in [0.3, 0.4) is 0 Å². The van der Waals surface area contributed by atoms with Gasteiger partial charge in [0, 0.05) is 12.4 Å². The lowest BCUT2D eigenvalue weighted by Gasteiger charge is -2.05. The molecule has 0 radical (unpaired) electrons. The van der Waals surface area contributed by atoms with Crippen LogP contribution >= 0.6 is 11.3 Å². The minimum atomic E-state index is 0.828. The van der Waals surface area contributed by atoms with Gasteiger partial charge in [0.1, 0.15) is 11.3 Å². The number of rotatable bonds is 2. The van der Waals surface area contributed by atoms with Gasteiger partial charge < -0.3 is 0 Å². The van der Waals surface area contributed by atoms with Gasteiger partial charge in [0.25, 0.3) is 0 Å². The average molecular weight is 278 g/mol. The number of fused-ring (bicyclic) bond motifs is 1. The number of pyridine rings is 2. The van der Waals surface area contributed by atoms with Crippen LogP contribution in [0, 0.1) is 0 Å². The topological polar surface area (TPSA) is 43.6 Å². The van der Waals surface area contributed by atoms with Crippen molar-refractivity contribution in [3.8, 4) is 16.5 Å². The second-order valence-electron chi connectivity index (χ2n) is 4.28. The maximum Gasteiger partial charge on any atom is 0.166 e. The zero-order valence-electron chi connectivity index (χ0n) is 10.5. The van der Waals surface area contributed by atoms with E-state index in [-0.39, 0.29) is 0 Å². The molecule has 0 amide bonds. The Labute approximate surface area is 119 Å². The molecule has 0 spiro atoms. The lowest BCUT2D eigenvalue weighted by atomic mass is 10.4. The van der Waals surface area contributed by atoms with Crippen LogP contribution in [0.2, 0.25) is 0 Å². The molecule has 0 aliphatic rings. The summed E-state index contributed by atoms with van der Waals surface area (Å²) in [5.41, 5.74) is 1.70. The summed E-state index contributed by atoms with van der Waals surface area (Å²) in [6.07, 6.45) is 3.56. The Kier molecular flexibility index (Phi) is 2.57. The second kappa shape index (κ2) is 4.54. The van der Waals surface area contributed by atoms with E-state index in [1.165, 1.54) is 0 Å². The number of hydrogen-bond acceptors (Lipinski definition) is 4. The van der Waals surface area contributed by atoms with Gasteiger partial charge in [0.15, 0.2) is 11.5 Å². The molecular weight excluding hydrogens is 268 g/mol. The Morgan fingerprint density at radius 2 is 1.85 bits per heavy atom. The molecule has 0 fully saturated rings. The van der Waals surface area contributed by atoms with Crippen LogP contribution in [0.5, 0.6) is 0 Å². The summed E-state index contributed by atoms with van der Waals surface area (Å²) < 4.78 is 2.00. The zero-order chi connectivity index (χ0) is 13.4. The van der Waals surface area contributed by atoms with E-state index in [9.17, 15) is 0 Å². The lowest BCUT2D eigenvalue weighted by Crippen LogP contribution is -1.99. The molecular formula is C15H10N4S. The van der Waals surface area contributed by atoms with Crippen molar-refractivity contribution in [1.82, 2.24) is 19.5 Å². The van der Waals surface area contributed by atoms with Crippen LogP contribution in [0.15, 0.2) is 60.2 Å². The normalized spacial score (nSPS) is 11.0. The molecule has 0 bridgehead atoms. The molecule has 0 atom stereocenters. The molecule has 0 N–H and O–H groups in total. The van der Waals surface area contributed by atoms with Crippen LogP contribution in [0.4, 0.5) is 0 Å². The summed E-state index contributed by atoms with van der Waals surface area (Å²) in [5, 5.41) is 2.05. The predicted octanol–water partition coefficient (Wildman–Crippen LogP) is 3.54. The largest absolute Gasteiger partial charge is 0.259 e. The van der Waals surface area contributed by atoms with Crippen molar-refractivity contribution in [2.45, 2.75) is 0 Å². The smallest absolute Gasteiger partial charge is 0.166 e. The van der Waals surface area contributed by atoms with E-state index in [2.05, 4.69) is 16.0 Å². The highest BCUT2D eigenvalue weighted by Gasteiger charge is 2.15. The third-order valence-corrected chi connectivity index (χ3v) is 3.90. The number of nitrogens with zero attached hydrogens (tertiary/aromatic N) is 4. The van der Waals surface area contributed by atoms with E-state index in [1.54, 1.807) is 23.7 Å². The molecule has 0 aliphatic carbocycles. The second-order valence-corrected chi connectivity index (χ2v) is 5.23. The molecule has 0 saturated carbocycles. The molecule has 96 valence electrons. The fourth-order valence-electron chi connectivity index (χ4n) is 2.19. The molecule has 0 aromatic carbocycles. The van der Waals surface area contributed by atoms with E-state index in [1.807, 2.05) is 46.3 Å². The molecule has 4 rings (SSSR count). The molecule has 4 heterocycles. The van der Waals surface area contributed by atoms with Crippen LogP contribution < -0.4 is 0 Å². The minimum absolute atomic E-state index is 0.828. The highest BCUT2D eigenvalue weighted by atomic mass is 32.1. The number of hydrogen-bond donors (Lipinski definition) is 0. The number of imidazole rings is 1. The standard InChI is InChI=1S/C15H10N4S/c1-2-8-16-13(7-1)19-14-11(5-3-9-17-14)18-15(19)12-6-4-10-20-12/h1-10H. The van der Waals surface area contributed by atoms with Gasteiger partial charge in [-0.05, 0) is 35.7 Å². The summed E-state index contributed by atoms with van der Waals surface area (Å²) in [4.78, 5) is 14.7. The fourth-order valence-corrected chi connectivity index (χ4v) is 2.89. The maximum absolute atomic E-state index is 4.70. The van der Waals surface area contributed by atoms with Gasteiger partial charge in [-0.3, -0.25) is 4.57 Å². The van der Waals surface area contributed by atoms with Crippen LogP contribution in [-0.4, -0.2) is 19.5 Å². The summed E-state index contributed by atoms with van der Waals surface area (Å²) in [7, 11) is 0. The van der Waals surface area contributed by atoms with Crippen molar-refractivity contribution in [3.05, 3.63) is 60.2 Å². The molecule has 0 aliphatic heterocycles. The first kappa shape index (κ1) is 11.3. The van der Waals surface area contributed by atoms with Crippen LogP contribution in [0.25, 0.3) is 27.7 Å². The highest BCUT2D eigenvalue weighted by Crippen LogP contribution is 2.29. The van der Waals surface area contributed by atoms with Crippen molar-refractivity contribution in [2.24, 2.45) is 0 Å². The van der Waals surface area contributed by atoms with Gasteiger partial charge >= 0.3 is 0 Å².